The van der Waals surface area contributed by atoms with Crippen molar-refractivity contribution in [3.8, 4) is 0 Å². The number of alkyl halides is 5. The molecule has 1 unspecified atom stereocenters. The van der Waals surface area contributed by atoms with Crippen LogP contribution in [-0.2, 0) is 11.0 Å². The first-order valence-corrected chi connectivity index (χ1v) is 7.11. The van der Waals surface area contributed by atoms with Crippen LogP contribution in [0.4, 0.5) is 27.8 Å². The standard InChI is InChI=1S/C14H16F5N3O/c15-11(16)7-21-13(23)9-2-1-5-22(8-9)12-4-3-10(6-20-12)14(17,18)19/h3-4,6,9,11H,1-2,5,7-8H2,(H,21,23). The van der Waals surface area contributed by atoms with Crippen molar-refractivity contribution >= 4 is 11.7 Å². The van der Waals surface area contributed by atoms with E-state index in [0.29, 0.717) is 25.2 Å². The Morgan fingerprint density at radius 1 is 1.39 bits per heavy atom. The highest BCUT2D eigenvalue weighted by Crippen LogP contribution is 2.30. The average Bonchev–Trinajstić information content (AvgIpc) is 2.52. The Hall–Kier alpha value is -1.93. The first-order valence-electron chi connectivity index (χ1n) is 7.11. The van der Waals surface area contributed by atoms with Crippen molar-refractivity contribution in [2.24, 2.45) is 5.92 Å². The van der Waals surface area contributed by atoms with Crippen LogP contribution in [-0.4, -0.2) is 37.0 Å². The van der Waals surface area contributed by atoms with Crippen molar-refractivity contribution in [1.82, 2.24) is 10.3 Å². The number of nitrogens with one attached hydrogen (secondary N) is 1. The van der Waals surface area contributed by atoms with E-state index in [1.54, 1.807) is 4.90 Å². The van der Waals surface area contributed by atoms with Gasteiger partial charge in [0, 0.05) is 19.3 Å². The van der Waals surface area contributed by atoms with Crippen LogP contribution in [0.15, 0.2) is 18.3 Å². The molecule has 1 fully saturated rings. The highest BCUT2D eigenvalue weighted by molar-refractivity contribution is 5.79. The third kappa shape index (κ3) is 4.77. The SMILES string of the molecule is O=C(NCC(F)F)C1CCCN(c2ccc(C(F)(F)F)cn2)C1. The topological polar surface area (TPSA) is 45.2 Å². The molecule has 0 saturated carbocycles. The summed E-state index contributed by atoms with van der Waals surface area (Å²) in [7, 11) is 0. The fourth-order valence-electron chi connectivity index (χ4n) is 2.46. The third-order valence-electron chi connectivity index (χ3n) is 3.62. The molecule has 1 aromatic rings. The van der Waals surface area contributed by atoms with Gasteiger partial charge in [0.2, 0.25) is 5.91 Å². The Balaban J connectivity index is 1.99. The molecule has 1 aliphatic heterocycles. The highest BCUT2D eigenvalue weighted by atomic mass is 19.4. The smallest absolute Gasteiger partial charge is 0.356 e. The van der Waals surface area contributed by atoms with E-state index in [1.807, 2.05) is 0 Å². The van der Waals surface area contributed by atoms with Gasteiger partial charge in [-0.25, -0.2) is 13.8 Å². The number of amides is 1. The summed E-state index contributed by atoms with van der Waals surface area (Å²) in [6, 6.07) is 2.19. The van der Waals surface area contributed by atoms with Crippen LogP contribution in [0.2, 0.25) is 0 Å². The van der Waals surface area contributed by atoms with E-state index in [1.165, 1.54) is 6.07 Å². The van der Waals surface area contributed by atoms with Crippen LogP contribution in [0.3, 0.4) is 0 Å². The number of hydrogen-bond acceptors (Lipinski definition) is 3. The van der Waals surface area contributed by atoms with Gasteiger partial charge in [0.15, 0.2) is 0 Å². The molecule has 1 aromatic heterocycles. The van der Waals surface area contributed by atoms with Gasteiger partial charge in [0.05, 0.1) is 18.0 Å². The molecule has 1 amide bonds. The largest absolute Gasteiger partial charge is 0.417 e. The number of hydrogen-bond donors (Lipinski definition) is 1. The molecule has 0 aromatic carbocycles. The average molecular weight is 337 g/mol. The second-order valence-corrected chi connectivity index (χ2v) is 5.32. The zero-order valence-electron chi connectivity index (χ0n) is 12.1. The first-order chi connectivity index (χ1) is 10.8. The van der Waals surface area contributed by atoms with E-state index < -0.39 is 36.5 Å². The number of aromatic nitrogens is 1. The van der Waals surface area contributed by atoms with E-state index in [9.17, 15) is 26.7 Å². The zero-order valence-corrected chi connectivity index (χ0v) is 12.1. The molecule has 0 aliphatic carbocycles. The van der Waals surface area contributed by atoms with Gasteiger partial charge in [0.1, 0.15) is 5.82 Å². The third-order valence-corrected chi connectivity index (χ3v) is 3.62. The minimum Gasteiger partial charge on any atom is -0.356 e. The van der Waals surface area contributed by atoms with Crippen LogP contribution in [0.25, 0.3) is 0 Å². The van der Waals surface area contributed by atoms with Gasteiger partial charge in [0.25, 0.3) is 6.43 Å². The summed E-state index contributed by atoms with van der Waals surface area (Å²) in [6.45, 7) is 0.0955. The van der Waals surface area contributed by atoms with Gasteiger partial charge in [-0.05, 0) is 25.0 Å². The Morgan fingerprint density at radius 2 is 2.13 bits per heavy atom. The molecule has 2 rings (SSSR count). The van der Waals surface area contributed by atoms with Crippen molar-refractivity contribution in [1.29, 1.82) is 0 Å². The van der Waals surface area contributed by atoms with Crippen molar-refractivity contribution in [3.63, 3.8) is 0 Å². The summed E-state index contributed by atoms with van der Waals surface area (Å²) in [6.07, 6.45) is -5.14. The van der Waals surface area contributed by atoms with Gasteiger partial charge in [-0.15, -0.1) is 0 Å². The maximum absolute atomic E-state index is 12.5. The van der Waals surface area contributed by atoms with Gasteiger partial charge < -0.3 is 10.2 Å². The predicted octanol–water partition coefficient (Wildman–Crippen LogP) is 2.70. The summed E-state index contributed by atoms with van der Waals surface area (Å²) in [5.41, 5.74) is -0.843. The van der Waals surface area contributed by atoms with Crippen LogP contribution in [0, 0.1) is 5.92 Å². The number of carbonyl (C=O) groups excluding carboxylic acids is 1. The van der Waals surface area contributed by atoms with Crippen molar-refractivity contribution in [3.05, 3.63) is 23.9 Å². The fourth-order valence-corrected chi connectivity index (χ4v) is 2.46. The quantitative estimate of drug-likeness (QED) is 0.860. The second kappa shape index (κ2) is 7.10. The zero-order chi connectivity index (χ0) is 17.0. The number of anilines is 1. The summed E-state index contributed by atoms with van der Waals surface area (Å²) in [5.74, 6) is -0.613. The van der Waals surface area contributed by atoms with E-state index >= 15 is 0 Å². The molecule has 0 bridgehead atoms. The maximum atomic E-state index is 12.5. The van der Waals surface area contributed by atoms with Crippen molar-refractivity contribution in [2.45, 2.75) is 25.4 Å². The summed E-state index contributed by atoms with van der Waals surface area (Å²) in [5, 5.41) is 2.17. The first kappa shape index (κ1) is 17.4. The van der Waals surface area contributed by atoms with Crippen LogP contribution in [0.5, 0.6) is 0 Å². The molecular weight excluding hydrogens is 321 g/mol. The summed E-state index contributed by atoms with van der Waals surface area (Å²) < 4.78 is 61.8. The lowest BCUT2D eigenvalue weighted by Crippen LogP contribution is -2.44. The van der Waals surface area contributed by atoms with E-state index in [2.05, 4.69) is 10.3 Å². The Labute approximate surface area is 129 Å². The van der Waals surface area contributed by atoms with E-state index in [0.717, 1.165) is 12.3 Å². The van der Waals surface area contributed by atoms with E-state index in [-0.39, 0.29) is 6.54 Å². The Kier molecular flexibility index (Phi) is 5.38. The highest BCUT2D eigenvalue weighted by Gasteiger charge is 2.31. The molecule has 128 valence electrons. The van der Waals surface area contributed by atoms with Crippen LogP contribution in [0.1, 0.15) is 18.4 Å². The summed E-state index contributed by atoms with van der Waals surface area (Å²) in [4.78, 5) is 17.3. The Bertz CT molecular complexity index is 532. The second-order valence-electron chi connectivity index (χ2n) is 5.32. The Morgan fingerprint density at radius 3 is 2.70 bits per heavy atom. The minimum atomic E-state index is -4.45. The molecule has 1 aliphatic rings. The van der Waals surface area contributed by atoms with Gasteiger partial charge >= 0.3 is 6.18 Å². The van der Waals surface area contributed by atoms with Crippen LogP contribution >= 0.6 is 0 Å². The number of rotatable bonds is 4. The van der Waals surface area contributed by atoms with Crippen molar-refractivity contribution < 1.29 is 26.7 Å². The molecule has 1 saturated heterocycles. The van der Waals surface area contributed by atoms with Gasteiger partial charge in [-0.1, -0.05) is 0 Å². The lowest BCUT2D eigenvalue weighted by Gasteiger charge is -2.33. The van der Waals surface area contributed by atoms with E-state index in [4.69, 9.17) is 0 Å². The number of pyridine rings is 1. The number of piperidine rings is 1. The number of nitrogens with zero attached hydrogens (tertiary/aromatic N) is 2. The number of carbonyl (C=O) groups is 1. The maximum Gasteiger partial charge on any atom is 0.417 e. The van der Waals surface area contributed by atoms with Crippen molar-refractivity contribution in [2.75, 3.05) is 24.5 Å². The predicted molar refractivity (Wildman–Crippen MR) is 73.2 cm³/mol. The lowest BCUT2D eigenvalue weighted by molar-refractivity contribution is -0.137. The molecule has 1 atom stereocenters. The molecule has 23 heavy (non-hydrogen) atoms. The fraction of sp³-hybridized carbons (Fsp3) is 0.571. The molecular formula is C14H16F5N3O. The van der Waals surface area contributed by atoms with Gasteiger partial charge in [-0.3, -0.25) is 4.79 Å². The minimum absolute atomic E-state index is 0.243. The monoisotopic (exact) mass is 337 g/mol. The number of halogens is 5. The lowest BCUT2D eigenvalue weighted by atomic mass is 9.97. The summed E-state index contributed by atoms with van der Waals surface area (Å²) >= 11 is 0. The molecule has 0 spiro atoms. The molecule has 9 heteroatoms. The molecule has 2 heterocycles. The van der Waals surface area contributed by atoms with Gasteiger partial charge in [-0.2, -0.15) is 13.2 Å². The van der Waals surface area contributed by atoms with Crippen LogP contribution < -0.4 is 10.2 Å². The molecule has 1 N–H and O–H groups in total. The molecule has 0 radical (unpaired) electrons. The normalized spacial score (nSPS) is 19.0. The molecule has 4 nitrogen and oxygen atoms in total.